The number of hydrazone groups is 1. The van der Waals surface area contributed by atoms with Gasteiger partial charge in [-0.15, -0.1) is 4.52 Å². The summed E-state index contributed by atoms with van der Waals surface area (Å²) in [6.45, 7) is 8.84. The number of rotatable bonds is 12. The van der Waals surface area contributed by atoms with Gasteiger partial charge in [-0.25, -0.2) is 10.0 Å². The van der Waals surface area contributed by atoms with Crippen LogP contribution >= 0.6 is 8.18 Å². The van der Waals surface area contributed by atoms with Crippen LogP contribution in [0.5, 0.6) is 0 Å². The predicted octanol–water partition coefficient (Wildman–Crippen LogP) is 0.644. The number of nitrogens with one attached hydrogen (secondary N) is 1. The quantitative estimate of drug-likeness (QED) is 0.212. The van der Waals surface area contributed by atoms with E-state index >= 15 is 0 Å². The van der Waals surface area contributed by atoms with Crippen LogP contribution in [-0.4, -0.2) is 76.7 Å². The van der Waals surface area contributed by atoms with Crippen LogP contribution in [0.15, 0.2) is 34.5 Å². The van der Waals surface area contributed by atoms with E-state index in [4.69, 9.17) is 19.7 Å². The lowest BCUT2D eigenvalue weighted by molar-refractivity contribution is -0.146. The molecule has 1 fully saturated rings. The van der Waals surface area contributed by atoms with Gasteiger partial charge in [0.1, 0.15) is 49.1 Å². The molecule has 0 aliphatic carbocycles. The van der Waals surface area contributed by atoms with Gasteiger partial charge >= 0.3 is 14.1 Å². The second-order valence-electron chi connectivity index (χ2n) is 7.96. The number of amidine groups is 1. The Morgan fingerprint density at radius 2 is 2.20 bits per heavy atom. The summed E-state index contributed by atoms with van der Waals surface area (Å²) >= 11 is 0. The van der Waals surface area contributed by atoms with Crippen LogP contribution in [0.1, 0.15) is 33.6 Å². The van der Waals surface area contributed by atoms with Crippen molar-refractivity contribution < 1.29 is 33.6 Å². The van der Waals surface area contributed by atoms with E-state index < -0.39 is 50.8 Å². The lowest BCUT2D eigenvalue weighted by Crippen LogP contribution is -2.55. The summed E-state index contributed by atoms with van der Waals surface area (Å²) in [5, 5.41) is 38.5. The van der Waals surface area contributed by atoms with Crippen molar-refractivity contribution in [3.8, 4) is 6.07 Å². The molecule has 1 unspecified atom stereocenters. The molecule has 1 saturated heterocycles. The van der Waals surface area contributed by atoms with Crippen LogP contribution in [-0.2, 0) is 23.4 Å². The Labute approximate surface area is 204 Å². The van der Waals surface area contributed by atoms with E-state index in [0.717, 1.165) is 24.2 Å². The first-order valence-electron chi connectivity index (χ1n) is 11.1. The molecule has 0 aromatic carbocycles. The number of carbonyl (C=O) groups excluding carboxylic acids is 1. The maximum Gasteiger partial charge on any atom is 0.613 e. The number of ether oxygens (including phenoxy) is 2. The number of nitrogens with two attached hydrogens (primary N) is 1. The van der Waals surface area contributed by atoms with E-state index in [1.165, 1.54) is 19.1 Å². The molecule has 0 aromatic heterocycles. The maximum atomic E-state index is 12.3. The van der Waals surface area contributed by atoms with Gasteiger partial charge < -0.3 is 25.4 Å². The average Bonchev–Trinajstić information content (AvgIpc) is 3.10. The van der Waals surface area contributed by atoms with Crippen molar-refractivity contribution in [2.45, 2.75) is 63.7 Å². The molecule has 2 aliphatic heterocycles. The van der Waals surface area contributed by atoms with Gasteiger partial charge in [0, 0.05) is 0 Å². The summed E-state index contributed by atoms with van der Waals surface area (Å²) in [6.07, 6.45) is 0.968. The zero-order valence-electron chi connectivity index (χ0n) is 19.9. The number of hydrogen-bond acceptors (Lipinski definition) is 12. The second kappa shape index (κ2) is 12.8. The Morgan fingerprint density at radius 1 is 1.51 bits per heavy atom. The first-order chi connectivity index (χ1) is 16.6. The highest BCUT2D eigenvalue weighted by molar-refractivity contribution is 7.36. The van der Waals surface area contributed by atoms with E-state index in [1.807, 2.05) is 19.9 Å². The Morgan fingerprint density at radius 3 is 2.80 bits per heavy atom. The normalized spacial score (nSPS) is 28.5. The molecule has 0 bridgehead atoms. The van der Waals surface area contributed by atoms with Crippen molar-refractivity contribution in [1.29, 1.82) is 5.26 Å². The van der Waals surface area contributed by atoms with Gasteiger partial charge in [0.25, 0.3) is 5.72 Å². The molecular formula is C21H32N6O7P+. The summed E-state index contributed by atoms with van der Waals surface area (Å²) in [6, 6.07) is 0.909. The summed E-state index contributed by atoms with van der Waals surface area (Å²) in [5.74, 6) is -0.350. The smallest absolute Gasteiger partial charge is 0.464 e. The number of aliphatic hydroxyl groups excluding tert-OH is 2. The van der Waals surface area contributed by atoms with Crippen LogP contribution in [0.25, 0.3) is 0 Å². The molecule has 2 aliphatic rings. The maximum absolute atomic E-state index is 12.3. The Kier molecular flexibility index (Phi) is 10.5. The SMILES string of the molecule is C=C/C=C1/C(N)=NC=NN1[C@]1(C#N)O[C@H](CO[P+](=O)N[C@@H](C)C(=O)OCC(CC)CC)[C@@H](O)[C@H]1O. The van der Waals surface area contributed by atoms with Crippen LogP contribution < -0.4 is 10.8 Å². The fourth-order valence-electron chi connectivity index (χ4n) is 3.40. The van der Waals surface area contributed by atoms with E-state index in [9.17, 15) is 24.8 Å². The van der Waals surface area contributed by atoms with Gasteiger partial charge in [0.05, 0.1) is 6.61 Å². The number of allylic oxidation sites excluding steroid dienone is 2. The zero-order valence-corrected chi connectivity index (χ0v) is 20.8. The summed E-state index contributed by atoms with van der Waals surface area (Å²) < 4.78 is 28.4. The third kappa shape index (κ3) is 6.49. The standard InChI is InChI=1S/C21H32N6O7P/c1-5-8-15-19(23)24-12-25-27(15)21(11-22)18(29)17(28)16(34-21)10-33-35(31)26-13(4)20(30)32-9-14(6-2)7-3/h5,8,12-14,16-18,28-29H,1,6-7,9-10H2,2-4H3,(H,26,31)(H2,23,24,25)/q+1/b15-8-/t13-,16+,17+,18+,21+/m0/s1. The number of aliphatic hydroxyl groups is 2. The first kappa shape index (κ1) is 28.5. The van der Waals surface area contributed by atoms with Gasteiger partial charge in [0.2, 0.25) is 0 Å². The van der Waals surface area contributed by atoms with Gasteiger partial charge in [-0.05, 0) is 23.5 Å². The summed E-state index contributed by atoms with van der Waals surface area (Å²) in [5.41, 5.74) is 3.80. The van der Waals surface area contributed by atoms with Gasteiger partial charge in [-0.1, -0.05) is 44.4 Å². The molecule has 0 aromatic rings. The molecule has 0 amide bonds. The molecule has 0 radical (unpaired) electrons. The molecule has 14 heteroatoms. The van der Waals surface area contributed by atoms with Crippen LogP contribution in [0.4, 0.5) is 0 Å². The van der Waals surface area contributed by atoms with E-state index in [0.29, 0.717) is 0 Å². The predicted molar refractivity (Wildman–Crippen MR) is 127 cm³/mol. The lowest BCUT2D eigenvalue weighted by Gasteiger charge is -2.36. The van der Waals surface area contributed by atoms with E-state index in [-0.39, 0.29) is 24.1 Å². The van der Waals surface area contributed by atoms with Crippen LogP contribution in [0, 0.1) is 17.2 Å². The van der Waals surface area contributed by atoms with Crippen molar-refractivity contribution >= 4 is 26.3 Å². The number of hydrogen-bond donors (Lipinski definition) is 4. The summed E-state index contributed by atoms with van der Waals surface area (Å²) in [4.78, 5) is 16.0. The fourth-order valence-corrected chi connectivity index (χ4v) is 4.18. The molecule has 2 rings (SSSR count). The molecule has 35 heavy (non-hydrogen) atoms. The molecule has 2 heterocycles. The molecular weight excluding hydrogens is 479 g/mol. The minimum Gasteiger partial charge on any atom is -0.464 e. The minimum atomic E-state index is -2.57. The Hall–Kier alpha value is -2.72. The topological polar surface area (TPSA) is 192 Å². The summed E-state index contributed by atoms with van der Waals surface area (Å²) in [7, 11) is -2.57. The number of esters is 1. The molecule has 13 nitrogen and oxygen atoms in total. The third-order valence-corrected chi connectivity index (χ3v) is 6.65. The van der Waals surface area contributed by atoms with Gasteiger partial charge in [-0.3, -0.25) is 4.79 Å². The molecule has 0 spiro atoms. The first-order valence-corrected chi connectivity index (χ1v) is 12.3. The monoisotopic (exact) mass is 511 g/mol. The molecule has 6 atom stereocenters. The third-order valence-electron chi connectivity index (χ3n) is 5.67. The number of aliphatic imine (C=N–C) groups is 1. The van der Waals surface area contributed by atoms with Crippen LogP contribution in [0.2, 0.25) is 0 Å². The number of carbonyl (C=O) groups is 1. The number of nitrogens with zero attached hydrogens (tertiary/aromatic N) is 4. The largest absolute Gasteiger partial charge is 0.613 e. The van der Waals surface area contributed by atoms with Crippen molar-refractivity contribution in [3.63, 3.8) is 0 Å². The lowest BCUT2D eigenvalue weighted by atomic mass is 10.0. The highest BCUT2D eigenvalue weighted by Gasteiger charge is 2.60. The second-order valence-corrected chi connectivity index (χ2v) is 8.99. The molecule has 5 N–H and O–H groups in total. The van der Waals surface area contributed by atoms with E-state index in [1.54, 1.807) is 0 Å². The van der Waals surface area contributed by atoms with E-state index in [2.05, 4.69) is 21.8 Å². The van der Waals surface area contributed by atoms with Crippen molar-refractivity contribution in [2.24, 2.45) is 21.7 Å². The van der Waals surface area contributed by atoms with Gasteiger partial charge in [-0.2, -0.15) is 10.4 Å². The number of nitriles is 1. The minimum absolute atomic E-state index is 0.0168. The Bertz CT molecular complexity index is 932. The zero-order chi connectivity index (χ0) is 26.2. The molecule has 192 valence electrons. The fraction of sp³-hybridized carbons (Fsp3) is 0.619. The van der Waals surface area contributed by atoms with Crippen molar-refractivity contribution in [3.05, 3.63) is 24.4 Å². The van der Waals surface area contributed by atoms with Gasteiger partial charge in [0.15, 0.2) is 5.84 Å². The molecule has 0 saturated carbocycles. The average molecular weight is 511 g/mol. The highest BCUT2D eigenvalue weighted by Crippen LogP contribution is 2.38. The Balaban J connectivity index is 2.01. The van der Waals surface area contributed by atoms with Crippen molar-refractivity contribution in [2.75, 3.05) is 13.2 Å². The van der Waals surface area contributed by atoms with Crippen molar-refractivity contribution in [1.82, 2.24) is 10.1 Å². The van der Waals surface area contributed by atoms with Crippen LogP contribution in [0.3, 0.4) is 0 Å². The highest BCUT2D eigenvalue weighted by atomic mass is 31.1.